The second-order valence-corrected chi connectivity index (χ2v) is 4.05. The quantitative estimate of drug-likeness (QED) is 0.656. The zero-order chi connectivity index (χ0) is 12.3. The van der Waals surface area contributed by atoms with Gasteiger partial charge >= 0.3 is 0 Å². The van der Waals surface area contributed by atoms with E-state index in [4.69, 9.17) is 11.0 Å². The highest BCUT2D eigenvalue weighted by molar-refractivity contribution is 5.95. The number of amides is 1. The third kappa shape index (κ3) is 2.55. The van der Waals surface area contributed by atoms with Gasteiger partial charge in [-0.15, -0.1) is 0 Å². The smallest absolute Gasteiger partial charge is 0.241 e. The fourth-order valence-corrected chi connectivity index (χ4v) is 1.87. The van der Waals surface area contributed by atoms with E-state index >= 15 is 0 Å². The molecule has 1 heterocycles. The van der Waals surface area contributed by atoms with E-state index in [0.717, 1.165) is 19.4 Å². The van der Waals surface area contributed by atoms with E-state index in [1.54, 1.807) is 18.2 Å². The van der Waals surface area contributed by atoms with Gasteiger partial charge in [0.1, 0.15) is 6.07 Å². The Morgan fingerprint density at radius 2 is 2.41 bits per heavy atom. The van der Waals surface area contributed by atoms with Gasteiger partial charge in [0.2, 0.25) is 5.91 Å². The second-order valence-electron chi connectivity index (χ2n) is 4.05. The van der Waals surface area contributed by atoms with E-state index in [1.165, 1.54) is 0 Å². The summed E-state index contributed by atoms with van der Waals surface area (Å²) in [6, 6.07) is 6.76. The Bertz CT molecular complexity index is 472. The van der Waals surface area contributed by atoms with E-state index in [9.17, 15) is 4.79 Å². The van der Waals surface area contributed by atoms with Crippen LogP contribution in [0.4, 0.5) is 11.4 Å². The van der Waals surface area contributed by atoms with Crippen molar-refractivity contribution in [1.82, 2.24) is 5.32 Å². The van der Waals surface area contributed by atoms with Gasteiger partial charge in [0.15, 0.2) is 0 Å². The Morgan fingerprint density at radius 1 is 1.59 bits per heavy atom. The van der Waals surface area contributed by atoms with Gasteiger partial charge in [-0.2, -0.15) is 5.26 Å². The van der Waals surface area contributed by atoms with Crippen LogP contribution in [0.25, 0.3) is 0 Å². The predicted molar refractivity (Wildman–Crippen MR) is 65.2 cm³/mol. The lowest BCUT2D eigenvalue weighted by Gasteiger charge is -2.11. The molecule has 1 aromatic carbocycles. The number of nitrogens with zero attached hydrogens (tertiary/aromatic N) is 1. The van der Waals surface area contributed by atoms with Gasteiger partial charge in [-0.3, -0.25) is 4.79 Å². The normalized spacial score (nSPS) is 18.6. The fraction of sp³-hybridized carbons (Fsp3) is 0.333. The van der Waals surface area contributed by atoms with E-state index in [0.29, 0.717) is 16.9 Å². The zero-order valence-corrected chi connectivity index (χ0v) is 9.36. The minimum atomic E-state index is -0.127. The molecule has 1 atom stereocenters. The van der Waals surface area contributed by atoms with Gasteiger partial charge in [0, 0.05) is 11.4 Å². The van der Waals surface area contributed by atoms with Crippen LogP contribution in [0.1, 0.15) is 18.4 Å². The Labute approximate surface area is 99.6 Å². The van der Waals surface area contributed by atoms with E-state index in [1.807, 2.05) is 6.07 Å². The lowest BCUT2D eigenvalue weighted by Crippen LogP contribution is -2.35. The van der Waals surface area contributed by atoms with Crippen molar-refractivity contribution in [2.24, 2.45) is 0 Å². The lowest BCUT2D eigenvalue weighted by atomic mass is 10.1. The zero-order valence-electron chi connectivity index (χ0n) is 9.36. The molecule has 1 fully saturated rings. The average molecular weight is 230 g/mol. The van der Waals surface area contributed by atoms with Crippen molar-refractivity contribution in [1.29, 1.82) is 5.26 Å². The molecule has 1 aliphatic heterocycles. The highest BCUT2D eigenvalue weighted by Gasteiger charge is 2.21. The maximum absolute atomic E-state index is 11.8. The molecule has 0 bridgehead atoms. The Hall–Kier alpha value is -2.06. The molecule has 5 heteroatoms. The third-order valence-corrected chi connectivity index (χ3v) is 2.82. The first-order valence-corrected chi connectivity index (χ1v) is 5.54. The number of nitriles is 1. The second kappa shape index (κ2) is 4.85. The highest BCUT2D eigenvalue weighted by Crippen LogP contribution is 2.17. The summed E-state index contributed by atoms with van der Waals surface area (Å²) in [5.74, 6) is -0.0591. The number of nitrogens with one attached hydrogen (secondary N) is 2. The Morgan fingerprint density at radius 3 is 3.06 bits per heavy atom. The molecule has 1 amide bonds. The van der Waals surface area contributed by atoms with Crippen molar-refractivity contribution in [3.63, 3.8) is 0 Å². The molecule has 0 spiro atoms. The van der Waals surface area contributed by atoms with Crippen LogP contribution in [-0.4, -0.2) is 18.5 Å². The number of rotatable bonds is 2. The summed E-state index contributed by atoms with van der Waals surface area (Å²) in [5.41, 5.74) is 7.01. The molecule has 1 aromatic rings. The lowest BCUT2D eigenvalue weighted by molar-refractivity contribution is -0.117. The number of carbonyl (C=O) groups excluding carboxylic acids is 1. The number of hydrogen-bond donors (Lipinski definition) is 3. The van der Waals surface area contributed by atoms with E-state index in [-0.39, 0.29) is 11.9 Å². The van der Waals surface area contributed by atoms with Gasteiger partial charge in [0.25, 0.3) is 0 Å². The summed E-state index contributed by atoms with van der Waals surface area (Å²) in [5, 5.41) is 14.7. The maximum atomic E-state index is 11.8. The monoisotopic (exact) mass is 230 g/mol. The topological polar surface area (TPSA) is 90.9 Å². The number of nitrogens with two attached hydrogens (primary N) is 1. The van der Waals surface area contributed by atoms with E-state index in [2.05, 4.69) is 10.6 Å². The van der Waals surface area contributed by atoms with Gasteiger partial charge < -0.3 is 16.4 Å². The van der Waals surface area contributed by atoms with Crippen molar-refractivity contribution in [3.05, 3.63) is 23.8 Å². The van der Waals surface area contributed by atoms with Crippen molar-refractivity contribution in [2.45, 2.75) is 18.9 Å². The summed E-state index contributed by atoms with van der Waals surface area (Å²) in [6.07, 6.45) is 1.87. The average Bonchev–Trinajstić information content (AvgIpc) is 2.85. The summed E-state index contributed by atoms with van der Waals surface area (Å²) in [4.78, 5) is 11.8. The van der Waals surface area contributed by atoms with Crippen LogP contribution >= 0.6 is 0 Å². The molecule has 2 rings (SSSR count). The number of benzene rings is 1. The molecule has 4 N–H and O–H groups in total. The van der Waals surface area contributed by atoms with Gasteiger partial charge in [-0.05, 0) is 37.6 Å². The largest absolute Gasteiger partial charge is 0.398 e. The molecular formula is C12H14N4O. The number of carbonyl (C=O) groups is 1. The van der Waals surface area contributed by atoms with Crippen molar-refractivity contribution < 1.29 is 4.79 Å². The van der Waals surface area contributed by atoms with Crippen LogP contribution in [0.15, 0.2) is 18.2 Å². The molecule has 0 unspecified atom stereocenters. The van der Waals surface area contributed by atoms with Crippen LogP contribution in [0, 0.1) is 11.3 Å². The minimum absolute atomic E-state index is 0.0591. The molecule has 1 aliphatic rings. The first kappa shape index (κ1) is 11.4. The van der Waals surface area contributed by atoms with Crippen LogP contribution in [0.5, 0.6) is 0 Å². The molecule has 0 aromatic heterocycles. The highest BCUT2D eigenvalue weighted by atomic mass is 16.2. The van der Waals surface area contributed by atoms with Gasteiger partial charge in [-0.25, -0.2) is 0 Å². The number of hydrogen-bond acceptors (Lipinski definition) is 4. The van der Waals surface area contributed by atoms with Gasteiger partial charge in [0.05, 0.1) is 11.6 Å². The molecule has 5 nitrogen and oxygen atoms in total. The summed E-state index contributed by atoms with van der Waals surface area (Å²) in [6.45, 7) is 0.878. The molecular weight excluding hydrogens is 216 g/mol. The first-order chi connectivity index (χ1) is 8.20. The van der Waals surface area contributed by atoms with Crippen molar-refractivity contribution >= 4 is 17.3 Å². The molecule has 0 aliphatic carbocycles. The molecule has 1 saturated heterocycles. The summed E-state index contributed by atoms with van der Waals surface area (Å²) < 4.78 is 0. The van der Waals surface area contributed by atoms with Crippen LogP contribution in [0.3, 0.4) is 0 Å². The van der Waals surface area contributed by atoms with Crippen LogP contribution in [-0.2, 0) is 4.79 Å². The van der Waals surface area contributed by atoms with Crippen molar-refractivity contribution in [2.75, 3.05) is 17.6 Å². The molecule has 17 heavy (non-hydrogen) atoms. The summed E-state index contributed by atoms with van der Waals surface area (Å²) >= 11 is 0. The maximum Gasteiger partial charge on any atom is 0.241 e. The van der Waals surface area contributed by atoms with Gasteiger partial charge in [-0.1, -0.05) is 0 Å². The number of nitrogen functional groups attached to an aromatic ring is 1. The Balaban J connectivity index is 2.08. The first-order valence-electron chi connectivity index (χ1n) is 5.54. The van der Waals surface area contributed by atoms with Crippen LogP contribution < -0.4 is 16.4 Å². The van der Waals surface area contributed by atoms with Crippen LogP contribution in [0.2, 0.25) is 0 Å². The third-order valence-electron chi connectivity index (χ3n) is 2.82. The molecule has 88 valence electrons. The van der Waals surface area contributed by atoms with E-state index < -0.39 is 0 Å². The predicted octanol–water partition coefficient (Wildman–Crippen LogP) is 0.831. The molecule has 0 radical (unpaired) electrons. The standard InChI is InChI=1S/C12H14N4O/c13-7-8-6-9(3-4-10(8)14)16-12(17)11-2-1-5-15-11/h3-4,6,11,15H,1-2,5,14H2,(H,16,17)/t11-/m0/s1. The fourth-order valence-electron chi connectivity index (χ4n) is 1.87. The molecule has 0 saturated carbocycles. The van der Waals surface area contributed by atoms with Crippen molar-refractivity contribution in [3.8, 4) is 6.07 Å². The number of anilines is 2. The minimum Gasteiger partial charge on any atom is -0.398 e. The SMILES string of the molecule is N#Cc1cc(NC(=O)[C@@H]2CCCN2)ccc1N. The Kier molecular flexibility index (Phi) is 3.26. The summed E-state index contributed by atoms with van der Waals surface area (Å²) in [7, 11) is 0.